The Hall–Kier alpha value is -2.63. The average Bonchev–Trinajstić information content (AvgIpc) is 2.67. The van der Waals surface area contributed by atoms with Gasteiger partial charge < -0.3 is 10.4 Å². The second-order valence-electron chi connectivity index (χ2n) is 5.95. The van der Waals surface area contributed by atoms with E-state index in [2.05, 4.69) is 15.3 Å². The van der Waals surface area contributed by atoms with Crippen molar-refractivity contribution in [1.82, 2.24) is 15.3 Å². The van der Waals surface area contributed by atoms with E-state index in [0.29, 0.717) is 12.1 Å². The summed E-state index contributed by atoms with van der Waals surface area (Å²) < 4.78 is 12.9. The highest BCUT2D eigenvalue weighted by Crippen LogP contribution is 2.21. The fourth-order valence-corrected chi connectivity index (χ4v) is 2.62. The van der Waals surface area contributed by atoms with Crippen LogP contribution in [0.3, 0.4) is 0 Å². The molecule has 0 spiro atoms. The van der Waals surface area contributed by atoms with Gasteiger partial charge in [-0.25, -0.2) is 14.4 Å². The number of hydrogen-bond donors (Lipinski definition) is 2. The summed E-state index contributed by atoms with van der Waals surface area (Å²) in [4.78, 5) is 8.05. The van der Waals surface area contributed by atoms with Crippen LogP contribution in [0.4, 0.5) is 4.39 Å². The van der Waals surface area contributed by atoms with E-state index in [1.54, 1.807) is 24.5 Å². The SMILES string of the molecule is CC(NCC(O)c1ccc(F)cc1)c1ccc(-c2cncnc2)cc1. The van der Waals surface area contributed by atoms with Crippen LogP contribution in [0.2, 0.25) is 0 Å². The zero-order chi connectivity index (χ0) is 17.6. The molecule has 0 aliphatic heterocycles. The van der Waals surface area contributed by atoms with Gasteiger partial charge in [0.05, 0.1) is 6.10 Å². The zero-order valence-corrected chi connectivity index (χ0v) is 13.9. The highest BCUT2D eigenvalue weighted by Gasteiger charge is 2.11. The number of rotatable bonds is 6. The fraction of sp³-hybridized carbons (Fsp3) is 0.200. The molecule has 0 saturated heterocycles. The second-order valence-corrected chi connectivity index (χ2v) is 5.95. The third kappa shape index (κ3) is 4.47. The Balaban J connectivity index is 1.59. The first-order chi connectivity index (χ1) is 12.1. The van der Waals surface area contributed by atoms with Gasteiger partial charge in [-0.15, -0.1) is 0 Å². The highest BCUT2D eigenvalue weighted by molar-refractivity contribution is 5.61. The van der Waals surface area contributed by atoms with Gasteiger partial charge in [0.2, 0.25) is 0 Å². The minimum atomic E-state index is -0.677. The monoisotopic (exact) mass is 337 g/mol. The van der Waals surface area contributed by atoms with Crippen LogP contribution in [0.1, 0.15) is 30.2 Å². The summed E-state index contributed by atoms with van der Waals surface area (Å²) in [7, 11) is 0. The molecule has 0 saturated carbocycles. The van der Waals surface area contributed by atoms with E-state index in [0.717, 1.165) is 16.7 Å². The van der Waals surface area contributed by atoms with Crippen molar-refractivity contribution in [3.8, 4) is 11.1 Å². The summed E-state index contributed by atoms with van der Waals surface area (Å²) in [6.45, 7) is 2.43. The largest absolute Gasteiger partial charge is 0.387 e. The van der Waals surface area contributed by atoms with Crippen molar-refractivity contribution in [2.75, 3.05) is 6.54 Å². The Morgan fingerprint density at radius 1 is 0.920 bits per heavy atom. The lowest BCUT2D eigenvalue weighted by Crippen LogP contribution is -2.24. The second kappa shape index (κ2) is 7.96. The van der Waals surface area contributed by atoms with Gasteiger partial charge in [-0.3, -0.25) is 0 Å². The van der Waals surface area contributed by atoms with Gasteiger partial charge in [-0.1, -0.05) is 36.4 Å². The molecule has 0 aliphatic rings. The fourth-order valence-electron chi connectivity index (χ4n) is 2.62. The molecular formula is C20H20FN3O. The lowest BCUT2D eigenvalue weighted by atomic mass is 10.0. The van der Waals surface area contributed by atoms with Crippen molar-refractivity contribution >= 4 is 0 Å². The molecule has 0 fully saturated rings. The molecule has 3 aromatic rings. The highest BCUT2D eigenvalue weighted by atomic mass is 19.1. The summed E-state index contributed by atoms with van der Waals surface area (Å²) in [5, 5.41) is 13.5. The average molecular weight is 337 g/mol. The molecule has 2 unspecified atom stereocenters. The number of halogens is 1. The van der Waals surface area contributed by atoms with Gasteiger partial charge >= 0.3 is 0 Å². The maximum Gasteiger partial charge on any atom is 0.123 e. The number of benzene rings is 2. The van der Waals surface area contributed by atoms with Crippen molar-refractivity contribution in [3.05, 3.63) is 84.2 Å². The first-order valence-corrected chi connectivity index (χ1v) is 8.16. The van der Waals surface area contributed by atoms with Crippen molar-refractivity contribution in [2.45, 2.75) is 19.1 Å². The van der Waals surface area contributed by atoms with Gasteiger partial charge in [-0.05, 0) is 35.7 Å². The topological polar surface area (TPSA) is 58.0 Å². The molecule has 1 heterocycles. The number of nitrogens with zero attached hydrogens (tertiary/aromatic N) is 2. The maximum absolute atomic E-state index is 12.9. The summed E-state index contributed by atoms with van der Waals surface area (Å²) in [6, 6.07) is 14.1. The van der Waals surface area contributed by atoms with E-state index >= 15 is 0 Å². The quantitative estimate of drug-likeness (QED) is 0.721. The normalized spacial score (nSPS) is 13.4. The molecule has 2 aromatic carbocycles. The standard InChI is InChI=1S/C20H20FN3O/c1-14(24-12-20(25)17-6-8-19(21)9-7-17)15-2-4-16(5-3-15)18-10-22-13-23-11-18/h2-11,13-14,20,24-25H,12H2,1H3. The molecular weight excluding hydrogens is 317 g/mol. The van der Waals surface area contributed by atoms with Crippen molar-refractivity contribution < 1.29 is 9.50 Å². The van der Waals surface area contributed by atoms with Crippen molar-refractivity contribution in [3.63, 3.8) is 0 Å². The Labute approximate surface area is 146 Å². The van der Waals surface area contributed by atoms with Crippen LogP contribution in [-0.2, 0) is 0 Å². The molecule has 0 radical (unpaired) electrons. The number of aliphatic hydroxyl groups is 1. The molecule has 1 aromatic heterocycles. The van der Waals surface area contributed by atoms with E-state index in [1.165, 1.54) is 18.5 Å². The molecule has 0 bridgehead atoms. The van der Waals surface area contributed by atoms with E-state index in [4.69, 9.17) is 0 Å². The molecule has 0 amide bonds. The van der Waals surface area contributed by atoms with E-state index in [-0.39, 0.29) is 11.9 Å². The maximum atomic E-state index is 12.9. The third-order valence-electron chi connectivity index (χ3n) is 4.18. The molecule has 25 heavy (non-hydrogen) atoms. The molecule has 4 nitrogen and oxygen atoms in total. The van der Waals surface area contributed by atoms with Gasteiger partial charge in [0.15, 0.2) is 0 Å². The van der Waals surface area contributed by atoms with E-state index in [1.807, 2.05) is 31.2 Å². The minimum Gasteiger partial charge on any atom is -0.387 e. The van der Waals surface area contributed by atoms with Crippen LogP contribution in [0, 0.1) is 5.82 Å². The Bertz CT molecular complexity index is 791. The van der Waals surface area contributed by atoms with Gasteiger partial charge in [0, 0.05) is 30.5 Å². The summed E-state index contributed by atoms with van der Waals surface area (Å²) in [5.41, 5.74) is 3.84. The van der Waals surface area contributed by atoms with E-state index in [9.17, 15) is 9.50 Å². The first-order valence-electron chi connectivity index (χ1n) is 8.16. The van der Waals surface area contributed by atoms with Crippen LogP contribution in [0.15, 0.2) is 67.3 Å². The van der Waals surface area contributed by atoms with Crippen molar-refractivity contribution in [1.29, 1.82) is 0 Å². The van der Waals surface area contributed by atoms with Crippen LogP contribution < -0.4 is 5.32 Å². The minimum absolute atomic E-state index is 0.0798. The number of hydrogen-bond acceptors (Lipinski definition) is 4. The number of aliphatic hydroxyl groups excluding tert-OH is 1. The smallest absolute Gasteiger partial charge is 0.123 e. The Morgan fingerprint density at radius 2 is 1.52 bits per heavy atom. The molecule has 2 N–H and O–H groups in total. The molecule has 0 aliphatic carbocycles. The van der Waals surface area contributed by atoms with Gasteiger partial charge in [0.1, 0.15) is 12.1 Å². The predicted octanol–water partition coefficient (Wildman–Crippen LogP) is 3.67. The predicted molar refractivity (Wildman–Crippen MR) is 95.2 cm³/mol. The molecule has 3 rings (SSSR count). The Morgan fingerprint density at radius 3 is 2.16 bits per heavy atom. The van der Waals surface area contributed by atoms with Gasteiger partial charge in [-0.2, -0.15) is 0 Å². The molecule has 2 atom stereocenters. The van der Waals surface area contributed by atoms with Gasteiger partial charge in [0.25, 0.3) is 0 Å². The van der Waals surface area contributed by atoms with Crippen LogP contribution in [0.5, 0.6) is 0 Å². The zero-order valence-electron chi connectivity index (χ0n) is 13.9. The summed E-state index contributed by atoms with van der Waals surface area (Å²) in [5.74, 6) is -0.304. The van der Waals surface area contributed by atoms with Crippen LogP contribution >= 0.6 is 0 Å². The lowest BCUT2D eigenvalue weighted by Gasteiger charge is -2.18. The molecule has 128 valence electrons. The van der Waals surface area contributed by atoms with E-state index < -0.39 is 6.10 Å². The van der Waals surface area contributed by atoms with Crippen LogP contribution in [0.25, 0.3) is 11.1 Å². The lowest BCUT2D eigenvalue weighted by molar-refractivity contribution is 0.170. The van der Waals surface area contributed by atoms with Crippen LogP contribution in [-0.4, -0.2) is 21.6 Å². The van der Waals surface area contributed by atoms with Crippen molar-refractivity contribution in [2.24, 2.45) is 0 Å². The number of aromatic nitrogens is 2. The third-order valence-corrected chi connectivity index (χ3v) is 4.18. The Kier molecular flexibility index (Phi) is 5.48. The first kappa shape index (κ1) is 17.2. The summed E-state index contributed by atoms with van der Waals surface area (Å²) in [6.07, 6.45) is 4.39. The molecule has 5 heteroatoms. The summed E-state index contributed by atoms with van der Waals surface area (Å²) >= 11 is 0. The number of nitrogens with one attached hydrogen (secondary N) is 1.